The van der Waals surface area contributed by atoms with E-state index in [2.05, 4.69) is 42.9 Å². The smallest absolute Gasteiger partial charge is 0.225 e. The molecular formula is C13H19N3O. The molecule has 92 valence electrons. The molecule has 0 radical (unpaired) electrons. The predicted octanol–water partition coefficient (Wildman–Crippen LogP) is 3.26. The molecule has 2 aromatic rings. The van der Waals surface area contributed by atoms with Crippen LogP contribution in [0.1, 0.15) is 45.7 Å². The fraction of sp³-hybridized carbons (Fsp3) is 0.538. The van der Waals surface area contributed by atoms with Gasteiger partial charge in [-0.05, 0) is 25.3 Å². The molecule has 1 unspecified atom stereocenters. The van der Waals surface area contributed by atoms with Crippen LogP contribution in [-0.2, 0) is 0 Å². The van der Waals surface area contributed by atoms with Gasteiger partial charge in [-0.1, -0.05) is 20.8 Å². The fourth-order valence-corrected chi connectivity index (χ4v) is 1.74. The average Bonchev–Trinajstić information content (AvgIpc) is 2.73. The SMILES string of the molecule is CCC(C)Oc1nccc2[nH]nc(C(C)C)c12. The second-order valence-electron chi connectivity index (χ2n) is 4.64. The first kappa shape index (κ1) is 11.9. The van der Waals surface area contributed by atoms with Crippen LogP contribution in [0, 0.1) is 0 Å². The third kappa shape index (κ3) is 2.25. The lowest BCUT2D eigenvalue weighted by molar-refractivity contribution is 0.211. The highest BCUT2D eigenvalue weighted by Crippen LogP contribution is 2.30. The number of H-pyrrole nitrogens is 1. The number of pyridine rings is 1. The zero-order valence-electron chi connectivity index (χ0n) is 10.8. The molecule has 1 N–H and O–H groups in total. The second kappa shape index (κ2) is 4.73. The average molecular weight is 233 g/mol. The van der Waals surface area contributed by atoms with Crippen LogP contribution in [0.25, 0.3) is 10.9 Å². The zero-order chi connectivity index (χ0) is 12.4. The summed E-state index contributed by atoms with van der Waals surface area (Å²) >= 11 is 0. The van der Waals surface area contributed by atoms with E-state index in [1.165, 1.54) is 0 Å². The van der Waals surface area contributed by atoms with Crippen molar-refractivity contribution >= 4 is 10.9 Å². The van der Waals surface area contributed by atoms with Crippen LogP contribution in [0.5, 0.6) is 5.88 Å². The normalized spacial score (nSPS) is 13.2. The summed E-state index contributed by atoms with van der Waals surface area (Å²) in [5, 5.41) is 8.39. The topological polar surface area (TPSA) is 50.8 Å². The van der Waals surface area contributed by atoms with Gasteiger partial charge in [-0.2, -0.15) is 5.10 Å². The van der Waals surface area contributed by atoms with Crippen molar-refractivity contribution in [2.75, 3.05) is 0 Å². The number of nitrogens with zero attached hydrogens (tertiary/aromatic N) is 2. The quantitative estimate of drug-likeness (QED) is 0.881. The lowest BCUT2D eigenvalue weighted by Crippen LogP contribution is -2.11. The molecule has 0 amide bonds. The van der Waals surface area contributed by atoms with Crippen molar-refractivity contribution in [1.29, 1.82) is 0 Å². The van der Waals surface area contributed by atoms with Gasteiger partial charge in [-0.3, -0.25) is 5.10 Å². The molecule has 0 spiro atoms. The first-order valence-electron chi connectivity index (χ1n) is 6.13. The third-order valence-corrected chi connectivity index (χ3v) is 2.90. The van der Waals surface area contributed by atoms with Crippen LogP contribution in [0.15, 0.2) is 12.3 Å². The van der Waals surface area contributed by atoms with Crippen molar-refractivity contribution in [3.63, 3.8) is 0 Å². The zero-order valence-corrected chi connectivity index (χ0v) is 10.8. The van der Waals surface area contributed by atoms with Gasteiger partial charge in [-0.15, -0.1) is 0 Å². The molecule has 0 aromatic carbocycles. The van der Waals surface area contributed by atoms with Gasteiger partial charge in [0.1, 0.15) is 0 Å². The molecule has 2 heterocycles. The van der Waals surface area contributed by atoms with Crippen molar-refractivity contribution in [3.05, 3.63) is 18.0 Å². The summed E-state index contributed by atoms with van der Waals surface area (Å²) in [6.45, 7) is 8.39. The van der Waals surface area contributed by atoms with E-state index in [9.17, 15) is 0 Å². The summed E-state index contributed by atoms with van der Waals surface area (Å²) in [7, 11) is 0. The van der Waals surface area contributed by atoms with E-state index in [0.29, 0.717) is 11.8 Å². The highest BCUT2D eigenvalue weighted by molar-refractivity contribution is 5.86. The van der Waals surface area contributed by atoms with Gasteiger partial charge in [0, 0.05) is 6.20 Å². The molecule has 0 bridgehead atoms. The number of fused-ring (bicyclic) bond motifs is 1. The molecule has 0 saturated heterocycles. The van der Waals surface area contributed by atoms with E-state index in [4.69, 9.17) is 4.74 Å². The molecule has 2 rings (SSSR count). The molecule has 1 atom stereocenters. The van der Waals surface area contributed by atoms with E-state index in [0.717, 1.165) is 23.0 Å². The standard InChI is InChI=1S/C13H19N3O/c1-5-9(4)17-13-11-10(6-7-14-13)15-16-12(11)8(2)3/h6-9H,5H2,1-4H3,(H,15,16). The van der Waals surface area contributed by atoms with E-state index in [1.54, 1.807) is 6.20 Å². The van der Waals surface area contributed by atoms with Crippen molar-refractivity contribution in [1.82, 2.24) is 15.2 Å². The maximum absolute atomic E-state index is 5.85. The highest BCUT2D eigenvalue weighted by Gasteiger charge is 2.16. The number of rotatable bonds is 4. The summed E-state index contributed by atoms with van der Waals surface area (Å²) in [5.41, 5.74) is 2.01. The summed E-state index contributed by atoms with van der Waals surface area (Å²) in [4.78, 5) is 4.33. The molecule has 2 aromatic heterocycles. The van der Waals surface area contributed by atoms with Gasteiger partial charge in [0.25, 0.3) is 0 Å². The Balaban J connectivity index is 2.50. The summed E-state index contributed by atoms with van der Waals surface area (Å²) in [6.07, 6.45) is 2.89. The Bertz CT molecular complexity index is 504. The molecule has 0 aliphatic carbocycles. The first-order valence-corrected chi connectivity index (χ1v) is 6.13. The number of nitrogens with one attached hydrogen (secondary N) is 1. The van der Waals surface area contributed by atoms with Crippen molar-refractivity contribution in [2.24, 2.45) is 0 Å². The van der Waals surface area contributed by atoms with Crippen molar-refractivity contribution < 1.29 is 4.74 Å². The molecule has 4 nitrogen and oxygen atoms in total. The van der Waals surface area contributed by atoms with Crippen LogP contribution in [0.3, 0.4) is 0 Å². The molecule has 0 saturated carbocycles. The fourth-order valence-electron chi connectivity index (χ4n) is 1.74. The number of hydrogen-bond donors (Lipinski definition) is 1. The highest BCUT2D eigenvalue weighted by atomic mass is 16.5. The van der Waals surface area contributed by atoms with Crippen LogP contribution in [0.2, 0.25) is 0 Å². The van der Waals surface area contributed by atoms with Gasteiger partial charge < -0.3 is 4.74 Å². The van der Waals surface area contributed by atoms with Gasteiger partial charge in [-0.25, -0.2) is 4.98 Å². The minimum absolute atomic E-state index is 0.169. The maximum Gasteiger partial charge on any atom is 0.225 e. The van der Waals surface area contributed by atoms with Gasteiger partial charge in [0.15, 0.2) is 0 Å². The van der Waals surface area contributed by atoms with Crippen LogP contribution in [-0.4, -0.2) is 21.3 Å². The monoisotopic (exact) mass is 233 g/mol. The Morgan fingerprint density at radius 1 is 1.35 bits per heavy atom. The first-order chi connectivity index (χ1) is 8.13. The van der Waals surface area contributed by atoms with Crippen LogP contribution >= 0.6 is 0 Å². The summed E-state index contributed by atoms with van der Waals surface area (Å²) in [5.74, 6) is 1.04. The predicted molar refractivity (Wildman–Crippen MR) is 68.4 cm³/mol. The Kier molecular flexibility index (Phi) is 3.31. The Morgan fingerprint density at radius 3 is 2.76 bits per heavy atom. The maximum atomic E-state index is 5.85. The molecule has 4 heteroatoms. The minimum Gasteiger partial charge on any atom is -0.474 e. The Hall–Kier alpha value is -1.58. The van der Waals surface area contributed by atoms with E-state index in [-0.39, 0.29) is 6.10 Å². The van der Waals surface area contributed by atoms with E-state index in [1.807, 2.05) is 6.07 Å². The number of aromatic amines is 1. The Morgan fingerprint density at radius 2 is 2.12 bits per heavy atom. The number of aromatic nitrogens is 3. The van der Waals surface area contributed by atoms with E-state index < -0.39 is 0 Å². The van der Waals surface area contributed by atoms with Crippen LogP contribution in [0.4, 0.5) is 0 Å². The molecule has 0 fully saturated rings. The van der Waals surface area contributed by atoms with Crippen LogP contribution < -0.4 is 4.74 Å². The number of hydrogen-bond acceptors (Lipinski definition) is 3. The number of ether oxygens (including phenoxy) is 1. The van der Waals surface area contributed by atoms with Crippen molar-refractivity contribution in [3.8, 4) is 5.88 Å². The largest absolute Gasteiger partial charge is 0.474 e. The van der Waals surface area contributed by atoms with Gasteiger partial charge in [0.2, 0.25) is 5.88 Å². The van der Waals surface area contributed by atoms with Gasteiger partial charge in [0.05, 0.1) is 22.7 Å². The second-order valence-corrected chi connectivity index (χ2v) is 4.64. The summed E-state index contributed by atoms with van der Waals surface area (Å²) < 4.78 is 5.85. The molecular weight excluding hydrogens is 214 g/mol. The summed E-state index contributed by atoms with van der Waals surface area (Å²) in [6, 6.07) is 1.93. The molecule has 0 aliphatic rings. The lowest BCUT2D eigenvalue weighted by Gasteiger charge is -2.13. The lowest BCUT2D eigenvalue weighted by atomic mass is 10.1. The van der Waals surface area contributed by atoms with Gasteiger partial charge >= 0.3 is 0 Å². The molecule has 17 heavy (non-hydrogen) atoms. The third-order valence-electron chi connectivity index (χ3n) is 2.90. The minimum atomic E-state index is 0.169. The molecule has 0 aliphatic heterocycles. The Labute approximate surface area is 101 Å². The van der Waals surface area contributed by atoms with Crippen molar-refractivity contribution in [2.45, 2.75) is 46.1 Å². The van der Waals surface area contributed by atoms with E-state index >= 15 is 0 Å².